The number of carbonyl (C=O) groups excluding carboxylic acids is 1. The van der Waals surface area contributed by atoms with Gasteiger partial charge in [-0.1, -0.05) is 36.7 Å². The predicted octanol–water partition coefficient (Wildman–Crippen LogP) is 2.67. The van der Waals surface area contributed by atoms with Gasteiger partial charge in [0, 0.05) is 31.6 Å². The van der Waals surface area contributed by atoms with Gasteiger partial charge in [0.05, 0.1) is 10.5 Å². The topological polar surface area (TPSA) is 36.4 Å². The summed E-state index contributed by atoms with van der Waals surface area (Å²) in [6.07, 6.45) is 0. The summed E-state index contributed by atoms with van der Waals surface area (Å²) in [4.78, 5) is 21.2. The fourth-order valence-electron chi connectivity index (χ4n) is 2.67. The molecule has 0 radical (unpaired) electrons. The smallest absolute Gasteiger partial charge is 0.272 e. The molecule has 2 aromatic rings. The van der Waals surface area contributed by atoms with Crippen molar-refractivity contribution < 1.29 is 4.79 Å². The van der Waals surface area contributed by atoms with Crippen molar-refractivity contribution in [2.75, 3.05) is 32.7 Å². The van der Waals surface area contributed by atoms with E-state index in [1.807, 2.05) is 29.2 Å². The van der Waals surface area contributed by atoms with Crippen LogP contribution in [0.4, 0.5) is 0 Å². The number of piperazine rings is 1. The normalized spacial score (nSPS) is 16.4. The van der Waals surface area contributed by atoms with Crippen LogP contribution in [0.1, 0.15) is 17.4 Å². The maximum atomic E-state index is 12.6. The standard InChI is InChI=1S/C16H18ClN3O/c1-2-19-7-9-20(10-8-19)16(21)15-11-13(17)12-5-3-4-6-14(12)18-15/h3-6,11H,2,7-10H2,1H3. The van der Waals surface area contributed by atoms with Gasteiger partial charge in [-0.2, -0.15) is 0 Å². The first kappa shape index (κ1) is 14.3. The second kappa shape index (κ2) is 6.00. The molecule has 1 fully saturated rings. The minimum absolute atomic E-state index is 0.0293. The number of likely N-dealkylation sites (N-methyl/N-ethyl adjacent to an activating group) is 1. The lowest BCUT2D eigenvalue weighted by atomic mass is 10.2. The number of halogens is 1. The number of carbonyl (C=O) groups is 1. The van der Waals surface area contributed by atoms with Crippen LogP contribution in [0.3, 0.4) is 0 Å². The summed E-state index contributed by atoms with van der Waals surface area (Å²) in [6.45, 7) is 6.51. The number of fused-ring (bicyclic) bond motifs is 1. The third-order valence-electron chi connectivity index (χ3n) is 3.99. The molecule has 21 heavy (non-hydrogen) atoms. The van der Waals surface area contributed by atoms with E-state index >= 15 is 0 Å². The molecule has 1 aliphatic heterocycles. The van der Waals surface area contributed by atoms with Crippen LogP contribution >= 0.6 is 11.6 Å². The Morgan fingerprint density at radius 3 is 2.67 bits per heavy atom. The lowest BCUT2D eigenvalue weighted by molar-refractivity contribution is 0.0638. The molecule has 1 aliphatic rings. The molecule has 1 aromatic heterocycles. The van der Waals surface area contributed by atoms with Gasteiger partial charge in [-0.15, -0.1) is 0 Å². The van der Waals surface area contributed by atoms with Crippen molar-refractivity contribution in [3.05, 3.63) is 41.0 Å². The molecule has 110 valence electrons. The summed E-state index contributed by atoms with van der Waals surface area (Å²) < 4.78 is 0. The molecule has 0 aliphatic carbocycles. The Labute approximate surface area is 129 Å². The SMILES string of the molecule is CCN1CCN(C(=O)c2cc(Cl)c3ccccc3n2)CC1. The van der Waals surface area contributed by atoms with Crippen molar-refractivity contribution in [1.29, 1.82) is 0 Å². The van der Waals surface area contributed by atoms with E-state index in [2.05, 4.69) is 16.8 Å². The maximum Gasteiger partial charge on any atom is 0.272 e. The van der Waals surface area contributed by atoms with Crippen molar-refractivity contribution in [1.82, 2.24) is 14.8 Å². The number of para-hydroxylation sites is 1. The van der Waals surface area contributed by atoms with Crippen LogP contribution < -0.4 is 0 Å². The number of hydrogen-bond acceptors (Lipinski definition) is 3. The number of benzene rings is 1. The fraction of sp³-hybridized carbons (Fsp3) is 0.375. The van der Waals surface area contributed by atoms with Gasteiger partial charge in [-0.05, 0) is 18.7 Å². The van der Waals surface area contributed by atoms with Crippen molar-refractivity contribution in [2.45, 2.75) is 6.92 Å². The van der Waals surface area contributed by atoms with Crippen LogP contribution in [0.15, 0.2) is 30.3 Å². The summed E-state index contributed by atoms with van der Waals surface area (Å²) in [7, 11) is 0. The number of hydrogen-bond donors (Lipinski definition) is 0. The Kier molecular flexibility index (Phi) is 4.08. The number of amides is 1. The van der Waals surface area contributed by atoms with Crippen molar-refractivity contribution in [2.24, 2.45) is 0 Å². The maximum absolute atomic E-state index is 12.6. The lowest BCUT2D eigenvalue weighted by Gasteiger charge is -2.33. The van der Waals surface area contributed by atoms with E-state index in [0.717, 1.165) is 43.6 Å². The van der Waals surface area contributed by atoms with Crippen molar-refractivity contribution in [3.8, 4) is 0 Å². The number of nitrogens with zero attached hydrogens (tertiary/aromatic N) is 3. The molecule has 2 heterocycles. The summed E-state index contributed by atoms with van der Waals surface area (Å²) in [5.74, 6) is -0.0293. The zero-order valence-corrected chi connectivity index (χ0v) is 12.8. The average Bonchev–Trinajstić information content (AvgIpc) is 2.54. The fourth-order valence-corrected chi connectivity index (χ4v) is 2.93. The van der Waals surface area contributed by atoms with Gasteiger partial charge in [-0.25, -0.2) is 4.98 Å². The van der Waals surface area contributed by atoms with Gasteiger partial charge in [-0.3, -0.25) is 4.79 Å². The zero-order valence-electron chi connectivity index (χ0n) is 12.1. The molecule has 3 rings (SSSR count). The second-order valence-corrected chi connectivity index (χ2v) is 5.64. The highest BCUT2D eigenvalue weighted by molar-refractivity contribution is 6.35. The van der Waals surface area contributed by atoms with E-state index in [1.165, 1.54) is 0 Å². The molecule has 0 saturated carbocycles. The van der Waals surface area contributed by atoms with Gasteiger partial charge in [0.15, 0.2) is 0 Å². The quantitative estimate of drug-likeness (QED) is 0.856. The molecule has 0 bridgehead atoms. The number of aromatic nitrogens is 1. The lowest BCUT2D eigenvalue weighted by Crippen LogP contribution is -2.48. The highest BCUT2D eigenvalue weighted by Crippen LogP contribution is 2.23. The third-order valence-corrected chi connectivity index (χ3v) is 4.30. The van der Waals surface area contributed by atoms with E-state index in [0.29, 0.717) is 10.7 Å². The Bertz CT molecular complexity index is 666. The summed E-state index contributed by atoms with van der Waals surface area (Å²) in [5.41, 5.74) is 1.20. The first-order chi connectivity index (χ1) is 10.2. The first-order valence-corrected chi connectivity index (χ1v) is 7.63. The van der Waals surface area contributed by atoms with Crippen LogP contribution in [0.2, 0.25) is 5.02 Å². The van der Waals surface area contributed by atoms with Gasteiger partial charge < -0.3 is 9.80 Å². The largest absolute Gasteiger partial charge is 0.335 e. The molecule has 1 amide bonds. The first-order valence-electron chi connectivity index (χ1n) is 7.26. The highest BCUT2D eigenvalue weighted by atomic mass is 35.5. The highest BCUT2D eigenvalue weighted by Gasteiger charge is 2.22. The summed E-state index contributed by atoms with van der Waals surface area (Å²) >= 11 is 6.27. The van der Waals surface area contributed by atoms with E-state index in [4.69, 9.17) is 11.6 Å². The molecular formula is C16H18ClN3O. The summed E-state index contributed by atoms with van der Waals surface area (Å²) in [5, 5.41) is 1.46. The molecule has 1 aromatic carbocycles. The Hall–Kier alpha value is -1.65. The molecule has 0 N–H and O–H groups in total. The van der Waals surface area contributed by atoms with Crippen LogP contribution in [0.5, 0.6) is 0 Å². The van der Waals surface area contributed by atoms with Crippen LogP contribution in [0, 0.1) is 0 Å². The van der Waals surface area contributed by atoms with E-state index in [-0.39, 0.29) is 5.91 Å². The van der Waals surface area contributed by atoms with E-state index < -0.39 is 0 Å². The molecule has 1 saturated heterocycles. The van der Waals surface area contributed by atoms with Crippen LogP contribution in [-0.2, 0) is 0 Å². The van der Waals surface area contributed by atoms with Gasteiger partial charge in [0.1, 0.15) is 5.69 Å². The molecule has 0 spiro atoms. The van der Waals surface area contributed by atoms with Gasteiger partial charge >= 0.3 is 0 Å². The minimum Gasteiger partial charge on any atom is -0.335 e. The predicted molar refractivity (Wildman–Crippen MR) is 84.8 cm³/mol. The van der Waals surface area contributed by atoms with E-state index in [1.54, 1.807) is 6.07 Å². The number of pyridine rings is 1. The average molecular weight is 304 g/mol. The van der Waals surface area contributed by atoms with E-state index in [9.17, 15) is 4.79 Å². The van der Waals surface area contributed by atoms with Crippen molar-refractivity contribution in [3.63, 3.8) is 0 Å². The molecule has 0 unspecified atom stereocenters. The molecular weight excluding hydrogens is 286 g/mol. The summed E-state index contributed by atoms with van der Waals surface area (Å²) in [6, 6.07) is 9.30. The second-order valence-electron chi connectivity index (χ2n) is 5.23. The Morgan fingerprint density at radius 1 is 1.24 bits per heavy atom. The van der Waals surface area contributed by atoms with Crippen LogP contribution in [-0.4, -0.2) is 53.4 Å². The Balaban J connectivity index is 1.85. The molecule has 5 heteroatoms. The Morgan fingerprint density at radius 2 is 1.95 bits per heavy atom. The van der Waals surface area contributed by atoms with Gasteiger partial charge in [0.2, 0.25) is 0 Å². The molecule has 0 atom stereocenters. The zero-order chi connectivity index (χ0) is 14.8. The minimum atomic E-state index is -0.0293. The number of rotatable bonds is 2. The molecule has 4 nitrogen and oxygen atoms in total. The third kappa shape index (κ3) is 2.87. The van der Waals surface area contributed by atoms with Crippen molar-refractivity contribution >= 4 is 28.4 Å². The monoisotopic (exact) mass is 303 g/mol. The van der Waals surface area contributed by atoms with Gasteiger partial charge in [0.25, 0.3) is 5.91 Å². The van der Waals surface area contributed by atoms with Crippen LogP contribution in [0.25, 0.3) is 10.9 Å².